The molecular weight excluding hydrogens is 589 g/mol. The van der Waals surface area contributed by atoms with Crippen LogP contribution in [-0.2, 0) is 25.7 Å². The van der Waals surface area contributed by atoms with Crippen LogP contribution in [0.1, 0.15) is 22.3 Å². The summed E-state index contributed by atoms with van der Waals surface area (Å²) in [5.41, 5.74) is 5.71. The van der Waals surface area contributed by atoms with E-state index in [1.54, 1.807) is 0 Å². The number of hydrogen-bond donors (Lipinski definition) is 0. The quantitative estimate of drug-likeness (QED) is 0.295. The van der Waals surface area contributed by atoms with Gasteiger partial charge in [-0.1, -0.05) is 0 Å². The number of halogens is 2. The van der Waals surface area contributed by atoms with E-state index in [9.17, 15) is 0 Å². The Kier molecular flexibility index (Phi) is 12.0. The van der Waals surface area contributed by atoms with Gasteiger partial charge in [0.2, 0.25) is 0 Å². The third kappa shape index (κ3) is 9.35. The molecule has 0 nitrogen and oxygen atoms in total. The molecule has 0 N–H and O–H groups in total. The molecule has 2 aromatic carbocycles. The van der Waals surface area contributed by atoms with E-state index in [-0.39, 0.29) is 0 Å². The van der Waals surface area contributed by atoms with Gasteiger partial charge in [0.05, 0.1) is 0 Å². The van der Waals surface area contributed by atoms with Gasteiger partial charge in [-0.2, -0.15) is 0 Å². The zero-order valence-electron chi connectivity index (χ0n) is 15.6. The zero-order valence-corrected chi connectivity index (χ0v) is 24.1. The molecular formula is C20H24As2Cl2S4. The summed E-state index contributed by atoms with van der Waals surface area (Å²) >= 11 is -2.61. The number of hydrogen-bond acceptors (Lipinski definition) is 4. The van der Waals surface area contributed by atoms with E-state index in [0.717, 1.165) is 48.7 Å². The molecule has 2 aromatic rings. The summed E-state index contributed by atoms with van der Waals surface area (Å²) in [5.74, 6) is 4.55. The van der Waals surface area contributed by atoms with Crippen molar-refractivity contribution in [2.75, 3.05) is 23.0 Å². The van der Waals surface area contributed by atoms with E-state index in [2.05, 4.69) is 48.5 Å². The molecule has 0 aromatic heterocycles. The first kappa shape index (κ1) is 24.2. The van der Waals surface area contributed by atoms with Gasteiger partial charge in [0, 0.05) is 0 Å². The number of rotatable bonds is 0. The van der Waals surface area contributed by atoms with Gasteiger partial charge in [-0.05, 0) is 0 Å². The predicted molar refractivity (Wildman–Crippen MR) is 141 cm³/mol. The van der Waals surface area contributed by atoms with Crippen molar-refractivity contribution in [1.82, 2.24) is 0 Å². The van der Waals surface area contributed by atoms with Gasteiger partial charge in [0.25, 0.3) is 0 Å². The second kappa shape index (κ2) is 13.8. The Balaban J connectivity index is 1.57. The molecule has 4 bridgehead atoms. The predicted octanol–water partition coefficient (Wildman–Crippen LogP) is 6.95. The van der Waals surface area contributed by atoms with Crippen LogP contribution in [0.5, 0.6) is 0 Å². The third-order valence-corrected chi connectivity index (χ3v) is 29.1. The van der Waals surface area contributed by atoms with Crippen molar-refractivity contribution in [3.63, 3.8) is 0 Å². The van der Waals surface area contributed by atoms with Crippen molar-refractivity contribution < 1.29 is 0 Å². The summed E-state index contributed by atoms with van der Waals surface area (Å²) in [4.78, 5) is 0. The Bertz CT molecular complexity index is 581. The maximum atomic E-state index is 6.64. The molecule has 0 saturated carbocycles. The molecule has 4 heterocycles. The van der Waals surface area contributed by atoms with Gasteiger partial charge in [-0.3, -0.25) is 0 Å². The van der Waals surface area contributed by atoms with Gasteiger partial charge in [-0.25, -0.2) is 0 Å². The van der Waals surface area contributed by atoms with Crippen LogP contribution in [0.3, 0.4) is 0 Å². The number of benzene rings is 2. The van der Waals surface area contributed by atoms with E-state index in [4.69, 9.17) is 19.9 Å². The van der Waals surface area contributed by atoms with Crippen LogP contribution < -0.4 is 0 Å². The standard InChI is InChI=1S/C20H24As2Cl2S4/c23-21-25-13-9-17-1-2-18(4-3-17)10-14-26-22(24)28-16-12-20-7-5-19(6-8-20)11-15-27-21/h1-8H,9-16H2. The molecule has 0 fully saturated rings. The van der Waals surface area contributed by atoms with E-state index >= 15 is 0 Å². The van der Waals surface area contributed by atoms with Gasteiger partial charge < -0.3 is 0 Å². The molecule has 6 rings (SSSR count). The molecule has 4 aliphatic rings. The van der Waals surface area contributed by atoms with Crippen LogP contribution in [0.2, 0.25) is 0 Å². The van der Waals surface area contributed by atoms with Crippen LogP contribution >= 0.6 is 60.0 Å². The van der Waals surface area contributed by atoms with Crippen LogP contribution in [0, 0.1) is 0 Å². The molecule has 0 radical (unpaired) electrons. The minimum absolute atomic E-state index is 1.12. The zero-order chi connectivity index (χ0) is 19.6. The average Bonchev–Trinajstić information content (AvgIpc) is 2.70. The summed E-state index contributed by atoms with van der Waals surface area (Å²) in [6, 6.07) is 18.3. The Morgan fingerprint density at radius 1 is 0.464 bits per heavy atom. The van der Waals surface area contributed by atoms with E-state index < -0.39 is 22.8 Å². The first-order valence-corrected chi connectivity index (χ1v) is 27.2. The molecule has 4 aliphatic heterocycles. The fraction of sp³-hybridized carbons (Fsp3) is 0.400. The Morgan fingerprint density at radius 2 is 0.679 bits per heavy atom. The average molecular weight is 613 g/mol. The molecule has 8 heteroatoms. The normalized spacial score (nSPS) is 23.1. The SMILES string of the molecule is Cl[As]1SCCc2ccc(cc2)CCS[As](Cl)SCCc2ccc(cc2)CCS1. The summed E-state index contributed by atoms with van der Waals surface area (Å²) < 4.78 is 0. The first-order chi connectivity index (χ1) is 13.7. The third-order valence-electron chi connectivity index (χ3n) is 4.38. The van der Waals surface area contributed by atoms with Gasteiger partial charge >= 0.3 is 202 Å². The van der Waals surface area contributed by atoms with Crippen molar-refractivity contribution in [3.8, 4) is 0 Å². The Morgan fingerprint density at radius 3 is 0.893 bits per heavy atom. The van der Waals surface area contributed by atoms with E-state index in [0.29, 0.717) is 0 Å². The molecule has 28 heavy (non-hydrogen) atoms. The molecule has 0 aliphatic carbocycles. The van der Waals surface area contributed by atoms with Gasteiger partial charge in [0.1, 0.15) is 0 Å². The Labute approximate surface area is 200 Å². The molecule has 0 amide bonds. The first-order valence-electron chi connectivity index (χ1n) is 9.28. The summed E-state index contributed by atoms with van der Waals surface area (Å²) in [6.07, 6.45) is 4.47. The fourth-order valence-corrected chi connectivity index (χ4v) is 22.9. The van der Waals surface area contributed by atoms with E-state index in [1.807, 2.05) is 40.1 Å². The van der Waals surface area contributed by atoms with Crippen LogP contribution in [0.25, 0.3) is 0 Å². The number of aryl methyl sites for hydroxylation is 4. The van der Waals surface area contributed by atoms with E-state index in [1.165, 1.54) is 22.3 Å². The molecule has 0 atom stereocenters. The summed E-state index contributed by atoms with van der Waals surface area (Å²) in [5, 5.41) is 0. The Hall–Kier alpha value is 1.54. The van der Waals surface area contributed by atoms with Crippen molar-refractivity contribution >= 4 is 82.8 Å². The molecule has 152 valence electrons. The fourth-order valence-electron chi connectivity index (χ4n) is 2.76. The van der Waals surface area contributed by atoms with Crippen molar-refractivity contribution in [3.05, 3.63) is 70.8 Å². The second-order valence-electron chi connectivity index (χ2n) is 6.39. The molecule has 0 saturated heterocycles. The van der Waals surface area contributed by atoms with Gasteiger partial charge in [0.15, 0.2) is 0 Å². The van der Waals surface area contributed by atoms with Crippen molar-refractivity contribution in [1.29, 1.82) is 0 Å². The summed E-state index contributed by atoms with van der Waals surface area (Å²) in [7, 11) is 21.3. The second-order valence-corrected chi connectivity index (χ2v) is 35.0. The molecule has 0 unspecified atom stereocenters. The van der Waals surface area contributed by atoms with Crippen molar-refractivity contribution in [2.24, 2.45) is 0 Å². The molecule has 0 spiro atoms. The topological polar surface area (TPSA) is 0 Å². The summed E-state index contributed by atoms with van der Waals surface area (Å²) in [6.45, 7) is 0. The monoisotopic (exact) mass is 612 g/mol. The minimum atomic E-state index is -1.31. The van der Waals surface area contributed by atoms with Crippen LogP contribution in [0.4, 0.5) is 0 Å². The van der Waals surface area contributed by atoms with Gasteiger partial charge in [-0.15, -0.1) is 0 Å². The van der Waals surface area contributed by atoms with Crippen LogP contribution in [0.15, 0.2) is 48.5 Å². The van der Waals surface area contributed by atoms with Crippen molar-refractivity contribution in [2.45, 2.75) is 25.7 Å². The maximum absolute atomic E-state index is 6.64. The van der Waals surface area contributed by atoms with Crippen LogP contribution in [-0.4, -0.2) is 45.8 Å².